The Hall–Kier alpha value is -1.96. The molecule has 0 radical (unpaired) electrons. The number of benzene rings is 2. The topological polar surface area (TPSA) is 89.5 Å². The Morgan fingerprint density at radius 3 is 2.20 bits per heavy atom. The van der Waals surface area contributed by atoms with Crippen LogP contribution in [-0.4, -0.2) is 35.0 Å². The first-order valence-electron chi connectivity index (χ1n) is 10.4. The van der Waals surface area contributed by atoms with Crippen LogP contribution in [0.25, 0.3) is 0 Å². The van der Waals surface area contributed by atoms with Crippen molar-refractivity contribution in [2.75, 3.05) is 6.61 Å². The molecule has 0 spiro atoms. The monoisotopic (exact) mass is 559 g/mol. The molecule has 192 valence electrons. The average Bonchev–Trinajstić information content (AvgIpc) is 2.96. The molecule has 1 aliphatic carbocycles. The second kappa shape index (κ2) is 8.86. The molecule has 1 heterocycles. The molecule has 2 aromatic rings. The summed E-state index contributed by atoms with van der Waals surface area (Å²) >= 11 is 5.87. The molecule has 1 aliphatic heterocycles. The quantitative estimate of drug-likeness (QED) is 0.550. The van der Waals surface area contributed by atoms with E-state index in [9.17, 15) is 34.4 Å². The number of alkyl halides is 3. The van der Waals surface area contributed by atoms with Gasteiger partial charge in [-0.25, -0.2) is 30.3 Å². The molecule has 6 nitrogen and oxygen atoms in total. The summed E-state index contributed by atoms with van der Waals surface area (Å²) in [6, 6.07) is 5.26. The molecule has 0 bridgehead atoms. The minimum atomic E-state index is -5.71. The lowest BCUT2D eigenvalue weighted by molar-refractivity contribution is -0.0451. The largest absolute Gasteiger partial charge is 0.511 e. The van der Waals surface area contributed by atoms with Crippen LogP contribution >= 0.6 is 11.6 Å². The molecule has 0 aromatic heterocycles. The smallest absolute Gasteiger partial charge is 0.490 e. The molecule has 2 aromatic carbocycles. The molecule has 4 rings (SSSR count). The number of sulfonamides is 1. The van der Waals surface area contributed by atoms with Gasteiger partial charge in [-0.2, -0.15) is 13.2 Å². The lowest BCUT2D eigenvalue weighted by atomic mass is 9.79. The van der Waals surface area contributed by atoms with Crippen molar-refractivity contribution in [2.24, 2.45) is 5.92 Å². The Morgan fingerprint density at radius 2 is 1.57 bits per heavy atom. The van der Waals surface area contributed by atoms with E-state index in [0.717, 1.165) is 12.1 Å². The summed E-state index contributed by atoms with van der Waals surface area (Å²) in [6.07, 6.45) is -1.17. The number of rotatable bonds is 4. The van der Waals surface area contributed by atoms with Crippen LogP contribution in [0, 0.1) is 17.6 Å². The van der Waals surface area contributed by atoms with Crippen LogP contribution in [0.2, 0.25) is 5.02 Å². The number of hydrogen-bond donors (Lipinski definition) is 1. The third-order valence-electron chi connectivity index (χ3n) is 6.53. The standard InChI is InChI=1S/C21H19ClF5NO5S2/c22-13-2-5-15(6-3-13)34(29,30)20-10-9-14(28-35(31,32)21(25,26)27)4-1-12(20)11-33-19-17(24)8-7-16(23)18(19)20/h2-3,5-8,12,14,28H,1,4,9-11H2. The Labute approximate surface area is 203 Å². The fourth-order valence-electron chi connectivity index (χ4n) is 4.89. The van der Waals surface area contributed by atoms with Crippen LogP contribution in [0.5, 0.6) is 5.75 Å². The summed E-state index contributed by atoms with van der Waals surface area (Å²) in [5.74, 6) is -3.65. The van der Waals surface area contributed by atoms with Crippen molar-refractivity contribution in [1.29, 1.82) is 0 Å². The van der Waals surface area contributed by atoms with Gasteiger partial charge in [-0.15, -0.1) is 0 Å². The highest BCUT2D eigenvalue weighted by atomic mass is 35.5. The highest BCUT2D eigenvalue weighted by molar-refractivity contribution is 7.92. The van der Waals surface area contributed by atoms with Gasteiger partial charge in [0.05, 0.1) is 17.1 Å². The molecular weight excluding hydrogens is 541 g/mol. The Kier molecular flexibility index (Phi) is 6.61. The van der Waals surface area contributed by atoms with Gasteiger partial charge in [-0.3, -0.25) is 0 Å². The van der Waals surface area contributed by atoms with Gasteiger partial charge in [0.25, 0.3) is 0 Å². The zero-order valence-electron chi connectivity index (χ0n) is 17.8. The third-order valence-corrected chi connectivity index (χ3v) is 10.6. The van der Waals surface area contributed by atoms with Gasteiger partial charge in [0.15, 0.2) is 21.4 Å². The van der Waals surface area contributed by atoms with Gasteiger partial charge in [0.2, 0.25) is 0 Å². The van der Waals surface area contributed by atoms with E-state index in [1.807, 2.05) is 0 Å². The molecule has 1 saturated carbocycles. The summed E-state index contributed by atoms with van der Waals surface area (Å²) in [5, 5.41) is 0.227. The molecule has 3 atom stereocenters. The van der Waals surface area contributed by atoms with Gasteiger partial charge >= 0.3 is 15.5 Å². The number of halogens is 6. The van der Waals surface area contributed by atoms with E-state index in [1.54, 1.807) is 4.72 Å². The summed E-state index contributed by atoms with van der Waals surface area (Å²) in [7, 11) is -10.2. The van der Waals surface area contributed by atoms with Crippen LogP contribution in [0.15, 0.2) is 41.3 Å². The number of sulfone groups is 1. The van der Waals surface area contributed by atoms with Gasteiger partial charge < -0.3 is 4.74 Å². The van der Waals surface area contributed by atoms with E-state index in [-0.39, 0.29) is 35.8 Å². The molecule has 35 heavy (non-hydrogen) atoms. The number of nitrogens with one attached hydrogen (secondary N) is 1. The lowest BCUT2D eigenvalue weighted by Gasteiger charge is -2.43. The zero-order valence-corrected chi connectivity index (χ0v) is 20.2. The fraction of sp³-hybridized carbons (Fsp3) is 0.429. The first-order chi connectivity index (χ1) is 16.2. The number of ether oxygens (including phenoxy) is 1. The van der Waals surface area contributed by atoms with Crippen molar-refractivity contribution in [1.82, 2.24) is 4.72 Å². The lowest BCUT2D eigenvalue weighted by Crippen LogP contribution is -2.48. The highest BCUT2D eigenvalue weighted by Crippen LogP contribution is 2.55. The first kappa shape index (κ1) is 26.1. The van der Waals surface area contributed by atoms with Crippen LogP contribution in [0.4, 0.5) is 22.0 Å². The van der Waals surface area contributed by atoms with E-state index in [2.05, 4.69) is 0 Å². The number of fused-ring (bicyclic) bond motifs is 3. The maximum absolute atomic E-state index is 15.2. The molecule has 0 amide bonds. The predicted molar refractivity (Wildman–Crippen MR) is 116 cm³/mol. The van der Waals surface area contributed by atoms with Gasteiger partial charge in [0.1, 0.15) is 10.6 Å². The fourth-order valence-corrected chi connectivity index (χ4v) is 8.21. The summed E-state index contributed by atoms with van der Waals surface area (Å²) in [5.41, 5.74) is -6.12. The maximum Gasteiger partial charge on any atom is 0.511 e. The van der Waals surface area contributed by atoms with E-state index in [4.69, 9.17) is 16.3 Å². The van der Waals surface area contributed by atoms with Crippen molar-refractivity contribution < 1.29 is 43.5 Å². The minimum absolute atomic E-state index is 0.132. The molecular formula is C21H19ClF5NO5S2. The van der Waals surface area contributed by atoms with E-state index in [0.29, 0.717) is 0 Å². The summed E-state index contributed by atoms with van der Waals surface area (Å²) in [4.78, 5) is -0.252. The van der Waals surface area contributed by atoms with Crippen LogP contribution < -0.4 is 9.46 Å². The van der Waals surface area contributed by atoms with Crippen LogP contribution in [0.3, 0.4) is 0 Å². The Bertz CT molecular complexity index is 1350. The molecule has 14 heteroatoms. The molecule has 3 unspecified atom stereocenters. The third kappa shape index (κ3) is 4.30. The highest BCUT2D eigenvalue weighted by Gasteiger charge is 2.59. The molecule has 2 aliphatic rings. The minimum Gasteiger partial charge on any atom is -0.490 e. The van der Waals surface area contributed by atoms with Gasteiger partial charge in [-0.05, 0) is 62.1 Å². The number of hydrogen-bond acceptors (Lipinski definition) is 5. The van der Waals surface area contributed by atoms with E-state index >= 15 is 4.39 Å². The normalized spacial score (nSPS) is 25.2. The molecule has 1 fully saturated rings. The second-order valence-corrected chi connectivity index (χ2v) is 12.8. The SMILES string of the molecule is O=S(=O)(NC1CCC2COc3c(F)ccc(F)c3C2(S(=O)(=O)c2ccc(Cl)cc2)CC1)C(F)(F)F. The van der Waals surface area contributed by atoms with Crippen LogP contribution in [-0.2, 0) is 24.6 Å². The van der Waals surface area contributed by atoms with Crippen molar-refractivity contribution >= 4 is 31.5 Å². The van der Waals surface area contributed by atoms with E-state index < -0.39 is 71.4 Å². The van der Waals surface area contributed by atoms with Gasteiger partial charge in [0, 0.05) is 17.0 Å². The van der Waals surface area contributed by atoms with Crippen molar-refractivity contribution in [3.05, 3.63) is 58.6 Å². The molecule has 1 N–H and O–H groups in total. The Balaban J connectivity index is 1.88. The van der Waals surface area contributed by atoms with E-state index in [1.165, 1.54) is 24.3 Å². The Morgan fingerprint density at radius 1 is 0.943 bits per heavy atom. The molecule has 0 saturated heterocycles. The zero-order chi connectivity index (χ0) is 25.8. The van der Waals surface area contributed by atoms with Crippen LogP contribution in [0.1, 0.15) is 31.2 Å². The predicted octanol–water partition coefficient (Wildman–Crippen LogP) is 4.68. The van der Waals surface area contributed by atoms with Crippen molar-refractivity contribution in [2.45, 2.75) is 46.9 Å². The van der Waals surface area contributed by atoms with Crippen molar-refractivity contribution in [3.8, 4) is 5.75 Å². The summed E-state index contributed by atoms with van der Waals surface area (Å²) < 4.78 is 125. The maximum atomic E-state index is 15.2. The van der Waals surface area contributed by atoms with Crippen molar-refractivity contribution in [3.63, 3.8) is 0 Å². The first-order valence-corrected chi connectivity index (χ1v) is 13.8. The van der Waals surface area contributed by atoms with Gasteiger partial charge in [-0.1, -0.05) is 11.6 Å². The average molecular weight is 560 g/mol. The summed E-state index contributed by atoms with van der Waals surface area (Å²) in [6.45, 7) is -0.362. The second-order valence-electron chi connectivity index (χ2n) is 8.47.